The van der Waals surface area contributed by atoms with Crippen LogP contribution in [0.15, 0.2) is 42.7 Å². The Hall–Kier alpha value is -3.38. The molecule has 9 heteroatoms. The molecule has 1 saturated carbocycles. The highest BCUT2D eigenvalue weighted by atomic mass is 32.2. The molecule has 0 spiro atoms. The molecule has 0 N–H and O–H groups in total. The van der Waals surface area contributed by atoms with Gasteiger partial charge in [-0.15, -0.1) is 0 Å². The summed E-state index contributed by atoms with van der Waals surface area (Å²) in [5.41, 5.74) is 2.15. The molecular weight excluding hydrogens is 512 g/mol. The summed E-state index contributed by atoms with van der Waals surface area (Å²) in [7, 11) is -3.00. The second-order valence-corrected chi connectivity index (χ2v) is 13.0. The van der Waals surface area contributed by atoms with Crippen LogP contribution < -0.4 is 4.90 Å². The predicted octanol–water partition coefficient (Wildman–Crippen LogP) is 4.55. The van der Waals surface area contributed by atoms with E-state index in [1.165, 1.54) is 6.26 Å². The monoisotopic (exact) mass is 548 g/mol. The smallest absolute Gasteiger partial charge is 0.308 e. The summed E-state index contributed by atoms with van der Waals surface area (Å²) in [6.07, 6.45) is 10.9. The van der Waals surface area contributed by atoms with Gasteiger partial charge in [0.2, 0.25) is 5.82 Å². The molecule has 3 aromatic rings. The summed E-state index contributed by atoms with van der Waals surface area (Å²) in [5.74, 6) is 8.12. The van der Waals surface area contributed by atoms with Crippen LogP contribution in [0.5, 0.6) is 0 Å². The number of piperidine rings is 1. The van der Waals surface area contributed by atoms with Crippen molar-refractivity contribution in [3.63, 3.8) is 0 Å². The number of benzene rings is 1. The number of fused-ring (bicyclic) bond motifs is 1. The highest BCUT2D eigenvalue weighted by molar-refractivity contribution is 7.91. The zero-order valence-corrected chi connectivity index (χ0v) is 23.5. The molecule has 1 aromatic carbocycles. The summed E-state index contributed by atoms with van der Waals surface area (Å²) < 4.78 is 31.2. The van der Waals surface area contributed by atoms with E-state index in [2.05, 4.69) is 39.9 Å². The van der Waals surface area contributed by atoms with E-state index in [0.717, 1.165) is 67.6 Å². The highest BCUT2D eigenvalue weighted by Gasteiger charge is 2.28. The lowest BCUT2D eigenvalue weighted by Gasteiger charge is -2.33. The summed E-state index contributed by atoms with van der Waals surface area (Å²) in [5, 5.41) is 0.859. The number of nitrogens with zero attached hydrogens (tertiary/aromatic N) is 4. The molecule has 0 atom stereocenters. The van der Waals surface area contributed by atoms with Gasteiger partial charge < -0.3 is 14.2 Å². The predicted molar refractivity (Wildman–Crippen MR) is 153 cm³/mol. The van der Waals surface area contributed by atoms with Gasteiger partial charge in [0.1, 0.15) is 15.7 Å². The fourth-order valence-corrected chi connectivity index (χ4v) is 6.90. The number of hydrogen-bond donors (Lipinski definition) is 0. The van der Waals surface area contributed by atoms with Crippen molar-refractivity contribution in [3.05, 3.63) is 48.5 Å². The third-order valence-corrected chi connectivity index (χ3v) is 9.73. The number of esters is 1. The van der Waals surface area contributed by atoms with Crippen LogP contribution in [0.25, 0.3) is 16.7 Å². The van der Waals surface area contributed by atoms with Crippen molar-refractivity contribution in [3.8, 4) is 17.7 Å². The lowest BCUT2D eigenvalue weighted by molar-refractivity contribution is -0.149. The van der Waals surface area contributed by atoms with Crippen molar-refractivity contribution in [1.29, 1.82) is 0 Å². The van der Waals surface area contributed by atoms with Gasteiger partial charge in [-0.25, -0.2) is 18.4 Å². The SMILES string of the molecule is CCOC(=O)C1CCC(CC#Cc2nccc(-n3ccc4c(N5CCC(S(C)(=O)=O)CC5)cccc43)n2)CC1. The Morgan fingerprint density at radius 1 is 1.08 bits per heavy atom. The van der Waals surface area contributed by atoms with E-state index in [1.807, 2.05) is 29.8 Å². The van der Waals surface area contributed by atoms with Crippen LogP contribution in [0.2, 0.25) is 0 Å². The molecule has 8 nitrogen and oxygen atoms in total. The third kappa shape index (κ3) is 6.27. The van der Waals surface area contributed by atoms with Crippen molar-refractivity contribution in [1.82, 2.24) is 14.5 Å². The second kappa shape index (κ2) is 11.8. The van der Waals surface area contributed by atoms with E-state index in [9.17, 15) is 13.2 Å². The number of carbonyl (C=O) groups excluding carboxylic acids is 1. The first-order valence-corrected chi connectivity index (χ1v) is 15.8. The van der Waals surface area contributed by atoms with E-state index in [-0.39, 0.29) is 17.1 Å². The van der Waals surface area contributed by atoms with Crippen LogP contribution >= 0.6 is 0 Å². The highest BCUT2D eigenvalue weighted by Crippen LogP contribution is 2.33. The molecule has 39 heavy (non-hydrogen) atoms. The largest absolute Gasteiger partial charge is 0.466 e. The maximum Gasteiger partial charge on any atom is 0.308 e. The van der Waals surface area contributed by atoms with Gasteiger partial charge in [-0.05, 0) is 81.6 Å². The van der Waals surface area contributed by atoms with Gasteiger partial charge in [0.15, 0.2) is 0 Å². The van der Waals surface area contributed by atoms with Crippen molar-refractivity contribution in [2.24, 2.45) is 11.8 Å². The first-order chi connectivity index (χ1) is 18.8. The summed E-state index contributed by atoms with van der Waals surface area (Å²) >= 11 is 0. The van der Waals surface area contributed by atoms with E-state index < -0.39 is 9.84 Å². The van der Waals surface area contributed by atoms with Crippen molar-refractivity contribution < 1.29 is 17.9 Å². The normalized spacial score (nSPS) is 20.4. The van der Waals surface area contributed by atoms with Crippen molar-refractivity contribution in [2.75, 3.05) is 30.9 Å². The van der Waals surface area contributed by atoms with Crippen LogP contribution in [0, 0.1) is 23.7 Å². The molecule has 1 aliphatic heterocycles. The topological polar surface area (TPSA) is 94.4 Å². The van der Waals surface area contributed by atoms with Crippen molar-refractivity contribution in [2.45, 2.75) is 57.1 Å². The molecule has 0 radical (unpaired) electrons. The summed E-state index contributed by atoms with van der Waals surface area (Å²) in [6.45, 7) is 3.73. The van der Waals surface area contributed by atoms with E-state index in [4.69, 9.17) is 9.72 Å². The van der Waals surface area contributed by atoms with Crippen LogP contribution in [-0.2, 0) is 19.4 Å². The molecule has 5 rings (SSSR count). The molecule has 3 heterocycles. The van der Waals surface area contributed by atoms with Gasteiger partial charge in [0.25, 0.3) is 0 Å². The molecule has 2 aromatic heterocycles. The van der Waals surface area contributed by atoms with Crippen LogP contribution in [0.3, 0.4) is 0 Å². The van der Waals surface area contributed by atoms with Gasteiger partial charge >= 0.3 is 5.97 Å². The second-order valence-electron chi connectivity index (χ2n) is 10.6. The number of aromatic nitrogens is 3. The zero-order valence-electron chi connectivity index (χ0n) is 22.7. The van der Waals surface area contributed by atoms with Gasteiger partial charge in [-0.1, -0.05) is 12.0 Å². The number of anilines is 1. The molecule has 2 aliphatic rings. The molecule has 2 fully saturated rings. The lowest BCUT2D eigenvalue weighted by atomic mass is 9.81. The van der Waals surface area contributed by atoms with Gasteiger partial charge in [-0.3, -0.25) is 4.79 Å². The van der Waals surface area contributed by atoms with E-state index in [1.54, 1.807) is 6.20 Å². The quantitative estimate of drug-likeness (QED) is 0.330. The first kappa shape index (κ1) is 27.2. The fourth-order valence-electron chi connectivity index (χ4n) is 5.83. The van der Waals surface area contributed by atoms with Crippen LogP contribution in [0.1, 0.15) is 57.7 Å². The van der Waals surface area contributed by atoms with Crippen molar-refractivity contribution >= 4 is 32.4 Å². The van der Waals surface area contributed by atoms with Gasteiger partial charge in [-0.2, -0.15) is 0 Å². The molecule has 0 amide bonds. The van der Waals surface area contributed by atoms with Crippen LogP contribution in [-0.4, -0.2) is 60.1 Å². The molecule has 206 valence electrons. The number of rotatable bonds is 6. The van der Waals surface area contributed by atoms with Gasteiger partial charge in [0.05, 0.1) is 23.3 Å². The van der Waals surface area contributed by atoms with Crippen LogP contribution in [0.4, 0.5) is 5.69 Å². The zero-order chi connectivity index (χ0) is 27.4. The minimum Gasteiger partial charge on any atom is -0.466 e. The Morgan fingerprint density at radius 3 is 2.56 bits per heavy atom. The number of carbonyl (C=O) groups is 1. The number of sulfone groups is 1. The maximum atomic E-state index is 12.0. The molecule has 1 aliphatic carbocycles. The summed E-state index contributed by atoms with van der Waals surface area (Å²) in [6, 6.07) is 10.2. The lowest BCUT2D eigenvalue weighted by Crippen LogP contribution is -2.39. The Labute approximate surface area is 230 Å². The molecule has 1 saturated heterocycles. The number of hydrogen-bond acceptors (Lipinski definition) is 7. The van der Waals surface area contributed by atoms with E-state index in [0.29, 0.717) is 31.2 Å². The Balaban J connectivity index is 1.26. The third-order valence-electron chi connectivity index (χ3n) is 8.04. The Bertz CT molecular complexity index is 1490. The molecular formula is C30H36N4O4S. The summed E-state index contributed by atoms with van der Waals surface area (Å²) in [4.78, 5) is 23.3. The van der Waals surface area contributed by atoms with Gasteiger partial charge in [0, 0.05) is 49.2 Å². The minimum absolute atomic E-state index is 0.0328. The standard InChI is InChI=1S/C30H36N4O4S/c1-3-38-30(35)23-12-10-22(11-13-23)6-4-9-28-31-18-14-29(32-28)34-21-17-25-26(7-5-8-27(25)34)33-19-15-24(16-20-33)39(2,36)37/h5,7-8,14,17-18,21-24H,3,6,10-13,15-16,19-20H2,1-2H3. The minimum atomic E-state index is -3.00. The fraction of sp³-hybridized carbons (Fsp3) is 0.500. The average molecular weight is 549 g/mol. The van der Waals surface area contributed by atoms with E-state index >= 15 is 0 Å². The Kier molecular flexibility index (Phi) is 8.22. The molecule has 0 unspecified atom stereocenters. The Morgan fingerprint density at radius 2 is 1.85 bits per heavy atom. The average Bonchev–Trinajstić information content (AvgIpc) is 3.38. The molecule has 0 bridgehead atoms. The first-order valence-electron chi connectivity index (χ1n) is 13.9. The maximum absolute atomic E-state index is 12.0. The number of ether oxygens (including phenoxy) is 1.